The topological polar surface area (TPSA) is 108 Å². The zero-order valence-corrected chi connectivity index (χ0v) is 18.4. The number of carbonyl (C=O) groups is 2. The van der Waals surface area contributed by atoms with E-state index in [-0.39, 0.29) is 35.7 Å². The zero-order valence-electron chi connectivity index (χ0n) is 17.6. The summed E-state index contributed by atoms with van der Waals surface area (Å²) < 4.78 is 39.6. The smallest absolute Gasteiger partial charge is 0.240 e. The van der Waals surface area contributed by atoms with Gasteiger partial charge in [-0.3, -0.25) is 14.5 Å². The molecule has 3 rings (SSSR count). The lowest BCUT2D eigenvalue weighted by Crippen LogP contribution is -2.47. The van der Waals surface area contributed by atoms with E-state index < -0.39 is 15.8 Å². The van der Waals surface area contributed by atoms with Crippen LogP contribution in [0.25, 0.3) is 0 Å². The monoisotopic (exact) mass is 462 g/mol. The number of hydrogen-bond donors (Lipinski definition) is 3. The third kappa shape index (κ3) is 7.40. The second-order valence-corrected chi connectivity index (χ2v) is 9.40. The number of hydrogen-bond acceptors (Lipinski definition) is 5. The van der Waals surface area contributed by atoms with Gasteiger partial charge in [0.25, 0.3) is 0 Å². The first kappa shape index (κ1) is 23.8. The molecule has 172 valence electrons. The van der Waals surface area contributed by atoms with Crippen LogP contribution in [-0.4, -0.2) is 57.4 Å². The van der Waals surface area contributed by atoms with E-state index in [1.807, 2.05) is 35.2 Å². The Labute approximate surface area is 187 Å². The Morgan fingerprint density at radius 3 is 2.28 bits per heavy atom. The number of para-hydroxylation sites is 1. The van der Waals surface area contributed by atoms with Crippen LogP contribution in [0.15, 0.2) is 59.5 Å². The number of halogens is 1. The summed E-state index contributed by atoms with van der Waals surface area (Å²) in [6.07, 6.45) is 1.43. The van der Waals surface area contributed by atoms with Gasteiger partial charge in [0.1, 0.15) is 5.82 Å². The van der Waals surface area contributed by atoms with Crippen molar-refractivity contribution in [3.8, 4) is 0 Å². The van der Waals surface area contributed by atoms with Crippen LogP contribution in [0.3, 0.4) is 0 Å². The minimum atomic E-state index is -3.79. The predicted octanol–water partition coefficient (Wildman–Crippen LogP) is 1.71. The van der Waals surface area contributed by atoms with Crippen LogP contribution in [0.4, 0.5) is 10.1 Å². The molecular weight excluding hydrogens is 435 g/mol. The van der Waals surface area contributed by atoms with Crippen LogP contribution in [0.1, 0.15) is 19.3 Å². The van der Waals surface area contributed by atoms with Gasteiger partial charge in [-0.1, -0.05) is 18.2 Å². The van der Waals surface area contributed by atoms with Gasteiger partial charge in [0.2, 0.25) is 21.8 Å². The Hall–Kier alpha value is -2.82. The third-order valence-electron chi connectivity index (χ3n) is 5.15. The van der Waals surface area contributed by atoms with E-state index in [4.69, 9.17) is 0 Å². The molecule has 1 saturated heterocycles. The normalized spacial score (nSPS) is 15.3. The lowest BCUT2D eigenvalue weighted by molar-refractivity contribution is -0.122. The van der Waals surface area contributed by atoms with Crippen molar-refractivity contribution >= 4 is 27.5 Å². The molecule has 0 bridgehead atoms. The minimum Gasteiger partial charge on any atom is -0.353 e. The van der Waals surface area contributed by atoms with Crippen molar-refractivity contribution in [2.75, 3.05) is 31.5 Å². The molecule has 0 unspecified atom stereocenters. The molecule has 2 aromatic rings. The Kier molecular flexibility index (Phi) is 8.32. The summed E-state index contributed by atoms with van der Waals surface area (Å²) in [6.45, 7) is 1.61. The van der Waals surface area contributed by atoms with E-state index in [9.17, 15) is 22.4 Å². The summed E-state index contributed by atoms with van der Waals surface area (Å²) in [4.78, 5) is 26.3. The number of sulfonamides is 1. The molecule has 32 heavy (non-hydrogen) atoms. The van der Waals surface area contributed by atoms with Crippen molar-refractivity contribution in [3.05, 3.63) is 60.4 Å². The van der Waals surface area contributed by atoms with E-state index in [0.717, 1.165) is 17.8 Å². The van der Waals surface area contributed by atoms with E-state index in [1.54, 1.807) is 0 Å². The maximum atomic E-state index is 12.9. The van der Waals surface area contributed by atoms with Gasteiger partial charge in [0.05, 0.1) is 11.4 Å². The molecule has 3 N–H and O–H groups in total. The summed E-state index contributed by atoms with van der Waals surface area (Å²) in [5.74, 6) is -0.842. The summed E-state index contributed by atoms with van der Waals surface area (Å²) in [6, 6.07) is 13.7. The first-order valence-corrected chi connectivity index (χ1v) is 11.9. The van der Waals surface area contributed by atoms with Gasteiger partial charge >= 0.3 is 0 Å². The highest BCUT2D eigenvalue weighted by molar-refractivity contribution is 7.89. The van der Waals surface area contributed by atoms with Crippen LogP contribution >= 0.6 is 0 Å². The Balaban J connectivity index is 1.33. The molecule has 0 aromatic heterocycles. The lowest BCUT2D eigenvalue weighted by Gasteiger charge is -2.31. The quantitative estimate of drug-likeness (QED) is 0.526. The molecule has 0 aliphatic carbocycles. The molecular formula is C22H27FN4O4S. The van der Waals surface area contributed by atoms with Gasteiger partial charge in [-0.15, -0.1) is 0 Å². The molecule has 1 fully saturated rings. The Bertz CT molecular complexity index is 1010. The molecule has 2 amide bonds. The van der Waals surface area contributed by atoms with Gasteiger partial charge in [-0.25, -0.2) is 17.5 Å². The molecule has 0 saturated carbocycles. The zero-order chi connectivity index (χ0) is 23.0. The highest BCUT2D eigenvalue weighted by Gasteiger charge is 2.22. The van der Waals surface area contributed by atoms with Gasteiger partial charge in [-0.2, -0.15) is 0 Å². The minimum absolute atomic E-state index is 0.000120. The third-order valence-corrected chi connectivity index (χ3v) is 6.62. The van der Waals surface area contributed by atoms with Gasteiger partial charge in [0.15, 0.2) is 0 Å². The molecule has 1 aliphatic heterocycles. The van der Waals surface area contributed by atoms with Crippen molar-refractivity contribution in [3.63, 3.8) is 0 Å². The summed E-state index contributed by atoms with van der Waals surface area (Å²) >= 11 is 0. The molecule has 0 spiro atoms. The first-order valence-electron chi connectivity index (χ1n) is 10.4. The largest absolute Gasteiger partial charge is 0.353 e. The van der Waals surface area contributed by atoms with Crippen molar-refractivity contribution in [1.82, 2.24) is 14.9 Å². The average Bonchev–Trinajstić information content (AvgIpc) is 2.76. The van der Waals surface area contributed by atoms with Crippen LogP contribution in [0.2, 0.25) is 0 Å². The number of rotatable bonds is 9. The molecule has 1 heterocycles. The number of amides is 2. The average molecular weight is 463 g/mol. The Morgan fingerprint density at radius 2 is 1.62 bits per heavy atom. The van der Waals surface area contributed by atoms with Crippen molar-refractivity contribution < 1.29 is 22.4 Å². The molecule has 1 aliphatic rings. The molecule has 8 nitrogen and oxygen atoms in total. The van der Waals surface area contributed by atoms with Crippen LogP contribution in [-0.2, 0) is 19.6 Å². The summed E-state index contributed by atoms with van der Waals surface area (Å²) in [7, 11) is -3.79. The fourth-order valence-electron chi connectivity index (χ4n) is 3.46. The Morgan fingerprint density at radius 1 is 0.969 bits per heavy atom. The van der Waals surface area contributed by atoms with E-state index in [2.05, 4.69) is 15.4 Å². The molecule has 0 atom stereocenters. The molecule has 0 radical (unpaired) electrons. The van der Waals surface area contributed by atoms with Gasteiger partial charge in [-0.05, 0) is 49.2 Å². The molecule has 2 aromatic carbocycles. The van der Waals surface area contributed by atoms with Crippen LogP contribution in [0, 0.1) is 5.82 Å². The summed E-state index contributed by atoms with van der Waals surface area (Å²) in [5, 5.41) is 5.77. The fourth-order valence-corrected chi connectivity index (χ4v) is 4.49. The number of nitrogens with one attached hydrogen (secondary N) is 3. The second-order valence-electron chi connectivity index (χ2n) is 7.63. The van der Waals surface area contributed by atoms with Crippen LogP contribution in [0.5, 0.6) is 0 Å². The molecule has 10 heteroatoms. The number of piperidine rings is 1. The van der Waals surface area contributed by atoms with Crippen LogP contribution < -0.4 is 15.4 Å². The highest BCUT2D eigenvalue weighted by Crippen LogP contribution is 2.12. The first-order chi connectivity index (χ1) is 15.3. The number of carbonyl (C=O) groups excluding carboxylic acids is 2. The second kappa shape index (κ2) is 11.2. The lowest BCUT2D eigenvalue weighted by atomic mass is 10.0. The fraction of sp³-hybridized carbons (Fsp3) is 0.364. The standard InChI is InChI=1S/C22H27FN4O4S/c23-17-6-8-20(9-7-17)32(30,31)24-13-10-21(28)25-19-11-14-27(15-12-19)16-22(29)26-18-4-2-1-3-5-18/h1-9,19,24H,10-16H2,(H,25,28)(H,26,29). The predicted molar refractivity (Wildman–Crippen MR) is 119 cm³/mol. The van der Waals surface area contributed by atoms with E-state index in [1.165, 1.54) is 12.1 Å². The van der Waals surface area contributed by atoms with Crippen molar-refractivity contribution in [1.29, 1.82) is 0 Å². The number of nitrogens with zero attached hydrogens (tertiary/aromatic N) is 1. The van der Waals surface area contributed by atoms with E-state index in [0.29, 0.717) is 32.5 Å². The highest BCUT2D eigenvalue weighted by atomic mass is 32.2. The van der Waals surface area contributed by atoms with E-state index >= 15 is 0 Å². The van der Waals surface area contributed by atoms with Crippen molar-refractivity contribution in [2.24, 2.45) is 0 Å². The number of likely N-dealkylation sites (tertiary alicyclic amines) is 1. The van der Waals surface area contributed by atoms with Gasteiger partial charge < -0.3 is 10.6 Å². The van der Waals surface area contributed by atoms with Crippen molar-refractivity contribution in [2.45, 2.75) is 30.2 Å². The summed E-state index contributed by atoms with van der Waals surface area (Å²) in [5.41, 5.74) is 0.759. The number of anilines is 1. The maximum Gasteiger partial charge on any atom is 0.240 e. The SMILES string of the molecule is O=C(CN1CCC(NC(=O)CCNS(=O)(=O)c2ccc(F)cc2)CC1)Nc1ccccc1. The number of benzene rings is 2. The maximum absolute atomic E-state index is 12.9. The van der Waals surface area contributed by atoms with Gasteiger partial charge in [0, 0.05) is 37.8 Å².